The van der Waals surface area contributed by atoms with Gasteiger partial charge in [0.2, 0.25) is 5.91 Å². The maximum Gasteiger partial charge on any atom is 0.305 e. The van der Waals surface area contributed by atoms with Crippen LogP contribution in [0.3, 0.4) is 0 Å². The highest BCUT2D eigenvalue weighted by Gasteiger charge is 2.18. The lowest BCUT2D eigenvalue weighted by Crippen LogP contribution is -2.45. The van der Waals surface area contributed by atoms with Crippen molar-refractivity contribution in [2.45, 2.75) is 289 Å². The third-order valence-electron chi connectivity index (χ3n) is 12.0. The van der Waals surface area contributed by atoms with Crippen LogP contribution in [0.5, 0.6) is 0 Å². The van der Waals surface area contributed by atoms with E-state index in [2.05, 4.69) is 31.3 Å². The van der Waals surface area contributed by atoms with Gasteiger partial charge in [0.1, 0.15) is 0 Å². The van der Waals surface area contributed by atoms with Gasteiger partial charge in [-0.25, -0.2) is 0 Å². The van der Waals surface area contributed by atoms with Gasteiger partial charge < -0.3 is 20.3 Å². The van der Waals surface area contributed by atoms with Crippen molar-refractivity contribution in [3.63, 3.8) is 0 Å². The van der Waals surface area contributed by atoms with Crippen LogP contribution in [-0.4, -0.2) is 47.4 Å². The number of carbonyl (C=O) groups is 2. The molecule has 0 saturated heterocycles. The second-order valence-corrected chi connectivity index (χ2v) is 17.9. The van der Waals surface area contributed by atoms with Crippen molar-refractivity contribution in [1.29, 1.82) is 0 Å². The lowest BCUT2D eigenvalue weighted by Gasteiger charge is -2.20. The monoisotopic (exact) mass is 832 g/mol. The molecule has 0 aromatic carbocycles. The first kappa shape index (κ1) is 57.3. The highest BCUT2D eigenvalue weighted by Crippen LogP contribution is 2.16. The predicted octanol–water partition coefficient (Wildman–Crippen LogP) is 15.5. The van der Waals surface area contributed by atoms with Gasteiger partial charge in [-0.2, -0.15) is 0 Å². The van der Waals surface area contributed by atoms with Crippen LogP contribution in [-0.2, 0) is 14.3 Å². The number of rotatable bonds is 48. The summed E-state index contributed by atoms with van der Waals surface area (Å²) in [6, 6.07) is -0.637. The molecule has 6 heteroatoms. The quantitative estimate of drug-likeness (QED) is 0.0322. The molecule has 0 saturated carbocycles. The maximum atomic E-state index is 12.4. The van der Waals surface area contributed by atoms with Gasteiger partial charge in [0.25, 0.3) is 0 Å². The van der Waals surface area contributed by atoms with E-state index in [0.717, 1.165) is 57.8 Å². The number of amides is 1. The Kier molecular flexibility index (Phi) is 47.6. The molecule has 59 heavy (non-hydrogen) atoms. The Morgan fingerprint density at radius 1 is 0.458 bits per heavy atom. The average molecular weight is 832 g/mol. The van der Waals surface area contributed by atoms with Gasteiger partial charge in [-0.1, -0.05) is 231 Å². The Labute approximate surface area is 367 Å². The predicted molar refractivity (Wildman–Crippen MR) is 255 cm³/mol. The first-order valence-corrected chi connectivity index (χ1v) is 26.1. The lowest BCUT2D eigenvalue weighted by molar-refractivity contribution is -0.143. The van der Waals surface area contributed by atoms with Crippen molar-refractivity contribution in [3.05, 3.63) is 24.3 Å². The minimum Gasteiger partial charge on any atom is -0.466 e. The number of hydrogen-bond acceptors (Lipinski definition) is 5. The van der Waals surface area contributed by atoms with E-state index in [1.807, 2.05) is 6.08 Å². The van der Waals surface area contributed by atoms with Crippen LogP contribution in [0.4, 0.5) is 0 Å². The molecule has 0 heterocycles. The molecular formula is C53H101NO5. The molecule has 0 radical (unpaired) electrons. The van der Waals surface area contributed by atoms with Crippen molar-refractivity contribution in [2.24, 2.45) is 0 Å². The molecule has 1 amide bonds. The molecule has 0 fully saturated rings. The summed E-state index contributed by atoms with van der Waals surface area (Å²) in [6.45, 7) is 4.85. The third-order valence-corrected chi connectivity index (χ3v) is 12.0. The first-order chi connectivity index (χ1) is 29.0. The molecule has 0 aliphatic heterocycles. The van der Waals surface area contributed by atoms with Crippen LogP contribution < -0.4 is 5.32 Å². The number of nitrogens with one attached hydrogen (secondary N) is 1. The molecule has 2 unspecified atom stereocenters. The molecule has 2 atom stereocenters. The van der Waals surface area contributed by atoms with Crippen molar-refractivity contribution < 1.29 is 24.5 Å². The second-order valence-electron chi connectivity index (χ2n) is 17.9. The summed E-state index contributed by atoms with van der Waals surface area (Å²) in [5.41, 5.74) is 0. The first-order valence-electron chi connectivity index (χ1n) is 26.1. The zero-order valence-corrected chi connectivity index (χ0v) is 39.5. The van der Waals surface area contributed by atoms with Crippen molar-refractivity contribution in [1.82, 2.24) is 5.32 Å². The topological polar surface area (TPSA) is 95.9 Å². The van der Waals surface area contributed by atoms with Crippen LogP contribution in [0.25, 0.3) is 0 Å². The molecule has 0 aliphatic rings. The van der Waals surface area contributed by atoms with Crippen LogP contribution in [0.2, 0.25) is 0 Å². The van der Waals surface area contributed by atoms with E-state index >= 15 is 0 Å². The van der Waals surface area contributed by atoms with E-state index in [-0.39, 0.29) is 18.5 Å². The number of esters is 1. The largest absolute Gasteiger partial charge is 0.466 e. The molecule has 0 aliphatic carbocycles. The van der Waals surface area contributed by atoms with Crippen LogP contribution in [0, 0.1) is 0 Å². The van der Waals surface area contributed by atoms with Crippen LogP contribution >= 0.6 is 0 Å². The van der Waals surface area contributed by atoms with Crippen LogP contribution in [0.1, 0.15) is 277 Å². The van der Waals surface area contributed by atoms with E-state index in [9.17, 15) is 19.8 Å². The summed E-state index contributed by atoms with van der Waals surface area (Å²) < 4.78 is 5.44. The van der Waals surface area contributed by atoms with Gasteiger partial charge >= 0.3 is 5.97 Å². The number of hydrogen-bond donors (Lipinski definition) is 3. The zero-order valence-electron chi connectivity index (χ0n) is 39.5. The van der Waals surface area contributed by atoms with Crippen molar-refractivity contribution in [3.8, 4) is 0 Å². The summed E-state index contributed by atoms with van der Waals surface area (Å²) in [4.78, 5) is 24.4. The lowest BCUT2D eigenvalue weighted by atomic mass is 10.0. The normalized spacial score (nSPS) is 12.8. The molecule has 0 aromatic rings. The summed E-state index contributed by atoms with van der Waals surface area (Å²) in [5.74, 6) is -0.0972. The molecule has 0 aromatic heterocycles. The number of aliphatic hydroxyl groups is 2. The molecule has 0 rings (SSSR count). The molecular weight excluding hydrogens is 731 g/mol. The van der Waals surface area contributed by atoms with Crippen molar-refractivity contribution >= 4 is 11.9 Å². The fourth-order valence-electron chi connectivity index (χ4n) is 7.92. The highest BCUT2D eigenvalue weighted by molar-refractivity contribution is 5.76. The van der Waals surface area contributed by atoms with Crippen molar-refractivity contribution in [2.75, 3.05) is 13.2 Å². The smallest absolute Gasteiger partial charge is 0.305 e. The van der Waals surface area contributed by atoms with Gasteiger partial charge in [-0.15, -0.1) is 0 Å². The van der Waals surface area contributed by atoms with Gasteiger partial charge in [0.05, 0.1) is 25.4 Å². The fourth-order valence-corrected chi connectivity index (χ4v) is 7.92. The second kappa shape index (κ2) is 49.0. The Hall–Kier alpha value is -1.66. The Morgan fingerprint density at radius 2 is 0.797 bits per heavy atom. The summed E-state index contributed by atoms with van der Waals surface area (Å²) in [5, 5.41) is 23.1. The fraction of sp³-hybridized carbons (Fsp3) is 0.887. The molecule has 6 nitrogen and oxygen atoms in total. The average Bonchev–Trinajstić information content (AvgIpc) is 3.24. The minimum atomic E-state index is -0.853. The SMILES string of the molecule is CCCCC/C=C\CCCCCCCC(=O)OCCCCCCCCCCCCCCCC(=O)NC(CO)C(O)/C=C/CCCCCCCCCCCCCCCCC. The highest BCUT2D eigenvalue weighted by atomic mass is 16.5. The number of unbranched alkanes of at least 4 members (excludes halogenated alkanes) is 35. The Morgan fingerprint density at radius 3 is 1.24 bits per heavy atom. The molecule has 0 bridgehead atoms. The van der Waals surface area contributed by atoms with Crippen LogP contribution in [0.15, 0.2) is 24.3 Å². The molecule has 0 spiro atoms. The van der Waals surface area contributed by atoms with Gasteiger partial charge in [0, 0.05) is 12.8 Å². The van der Waals surface area contributed by atoms with E-state index in [4.69, 9.17) is 4.74 Å². The number of carbonyl (C=O) groups excluding carboxylic acids is 2. The zero-order chi connectivity index (χ0) is 43.0. The Balaban J connectivity index is 3.50. The van der Waals surface area contributed by atoms with Gasteiger partial charge in [-0.05, 0) is 57.8 Å². The standard InChI is InChI=1S/C53H101NO5/c1-3-5-7-9-11-13-15-17-18-19-20-22-25-29-33-37-41-45-51(56)50(49-55)54-52(57)46-42-38-34-30-26-23-21-24-28-32-36-40-44-48-59-53(58)47-43-39-35-31-27-16-14-12-10-8-6-4-2/h12,14,41,45,50-51,55-56H,3-11,13,15-40,42-44,46-49H2,1-2H3,(H,54,57)/b14-12-,45-41+. The summed E-state index contributed by atoms with van der Waals surface area (Å²) in [7, 11) is 0. The Bertz CT molecular complexity index is 920. The van der Waals surface area contributed by atoms with E-state index in [1.54, 1.807) is 6.08 Å². The maximum absolute atomic E-state index is 12.4. The van der Waals surface area contributed by atoms with E-state index in [1.165, 1.54) is 193 Å². The minimum absolute atomic E-state index is 0.0170. The summed E-state index contributed by atoms with van der Waals surface area (Å²) in [6.07, 6.45) is 57.4. The van der Waals surface area contributed by atoms with E-state index < -0.39 is 12.1 Å². The van der Waals surface area contributed by atoms with Gasteiger partial charge in [-0.3, -0.25) is 9.59 Å². The molecule has 348 valence electrons. The molecule has 3 N–H and O–H groups in total. The third kappa shape index (κ3) is 45.7. The number of aliphatic hydroxyl groups excluding tert-OH is 2. The number of allylic oxidation sites excluding steroid dienone is 3. The van der Waals surface area contributed by atoms with E-state index in [0.29, 0.717) is 19.4 Å². The van der Waals surface area contributed by atoms with Gasteiger partial charge in [0.15, 0.2) is 0 Å². The number of ether oxygens (including phenoxy) is 1. The summed E-state index contributed by atoms with van der Waals surface area (Å²) >= 11 is 0.